The third kappa shape index (κ3) is 1.07. The van der Waals surface area contributed by atoms with Crippen LogP contribution in [-0.2, 0) is 19.2 Å². The Morgan fingerprint density at radius 2 is 1.88 bits per heavy atom. The molecule has 3 aliphatic heterocycles. The summed E-state index contributed by atoms with van der Waals surface area (Å²) < 4.78 is 5.48. The van der Waals surface area contributed by atoms with Gasteiger partial charge in [0.15, 0.2) is 0 Å². The summed E-state index contributed by atoms with van der Waals surface area (Å²) in [6.07, 6.45) is 4.66. The van der Waals surface area contributed by atoms with Crippen molar-refractivity contribution in [2.24, 2.45) is 11.8 Å². The highest BCUT2D eigenvalue weighted by molar-refractivity contribution is 6.05. The Morgan fingerprint density at radius 3 is 2.38 bits per heavy atom. The molecule has 5 heteroatoms. The Balaban J connectivity index is 1.86. The summed E-state index contributed by atoms with van der Waals surface area (Å²) in [5.74, 6) is -1.39. The average molecular weight is 221 g/mol. The number of carbonyl (C=O) groups excluding carboxylic acids is 2. The van der Waals surface area contributed by atoms with E-state index >= 15 is 0 Å². The molecule has 0 aromatic heterocycles. The van der Waals surface area contributed by atoms with E-state index in [1.54, 1.807) is 0 Å². The van der Waals surface area contributed by atoms with E-state index in [0.717, 1.165) is 5.06 Å². The number of fused-ring (bicyclic) bond motifs is 5. The van der Waals surface area contributed by atoms with Crippen LogP contribution < -0.4 is 0 Å². The van der Waals surface area contributed by atoms with E-state index in [4.69, 9.17) is 9.57 Å². The fourth-order valence-electron chi connectivity index (χ4n) is 2.53. The van der Waals surface area contributed by atoms with Crippen molar-refractivity contribution in [3.8, 4) is 0 Å². The Hall–Kier alpha value is -1.46. The molecule has 4 unspecified atom stereocenters. The minimum absolute atomic E-state index is 0.153. The predicted molar refractivity (Wildman–Crippen MR) is 52.8 cm³/mol. The first-order valence-corrected chi connectivity index (χ1v) is 5.19. The lowest BCUT2D eigenvalue weighted by Gasteiger charge is -2.15. The fourth-order valence-corrected chi connectivity index (χ4v) is 2.53. The minimum Gasteiger partial charge on any atom is -0.365 e. The van der Waals surface area contributed by atoms with Crippen LogP contribution >= 0.6 is 0 Å². The number of hydrogen-bond donors (Lipinski definition) is 0. The summed E-state index contributed by atoms with van der Waals surface area (Å²) in [6.45, 7) is 3.63. The normalized spacial score (nSPS) is 39.6. The van der Waals surface area contributed by atoms with Gasteiger partial charge in [0.05, 0.1) is 30.7 Å². The summed E-state index contributed by atoms with van der Waals surface area (Å²) >= 11 is 0. The molecule has 0 aliphatic carbocycles. The molecule has 0 N–H and O–H groups in total. The number of hydrogen-bond acceptors (Lipinski definition) is 4. The summed E-state index contributed by atoms with van der Waals surface area (Å²) in [6, 6.07) is 0. The van der Waals surface area contributed by atoms with E-state index in [1.807, 2.05) is 12.2 Å². The maximum absolute atomic E-state index is 11.9. The van der Waals surface area contributed by atoms with Gasteiger partial charge in [-0.15, -0.1) is 6.58 Å². The molecule has 3 aliphatic rings. The van der Waals surface area contributed by atoms with Gasteiger partial charge < -0.3 is 4.74 Å². The molecule has 16 heavy (non-hydrogen) atoms. The zero-order chi connectivity index (χ0) is 11.3. The monoisotopic (exact) mass is 221 g/mol. The average Bonchev–Trinajstić information content (AvgIpc) is 2.92. The van der Waals surface area contributed by atoms with Crippen LogP contribution in [0.25, 0.3) is 0 Å². The maximum Gasteiger partial charge on any atom is 0.260 e. The minimum atomic E-state index is -0.396. The van der Waals surface area contributed by atoms with Gasteiger partial charge in [-0.05, 0) is 0 Å². The molecule has 3 heterocycles. The van der Waals surface area contributed by atoms with Crippen molar-refractivity contribution in [2.45, 2.75) is 12.2 Å². The number of carbonyl (C=O) groups is 2. The van der Waals surface area contributed by atoms with Crippen molar-refractivity contribution >= 4 is 11.8 Å². The number of rotatable bonds is 3. The smallest absolute Gasteiger partial charge is 0.260 e. The van der Waals surface area contributed by atoms with E-state index in [9.17, 15) is 9.59 Å². The van der Waals surface area contributed by atoms with E-state index in [1.165, 1.54) is 6.08 Å². The zero-order valence-corrected chi connectivity index (χ0v) is 8.54. The van der Waals surface area contributed by atoms with Gasteiger partial charge in [0.2, 0.25) is 0 Å². The number of nitrogens with zero attached hydrogens (tertiary/aromatic N) is 1. The fraction of sp³-hybridized carbons (Fsp3) is 0.455. The topological polar surface area (TPSA) is 55.8 Å². The lowest BCUT2D eigenvalue weighted by molar-refractivity contribution is -0.188. The Labute approximate surface area is 92.3 Å². The van der Waals surface area contributed by atoms with Crippen molar-refractivity contribution < 1.29 is 19.2 Å². The molecule has 0 aromatic carbocycles. The van der Waals surface area contributed by atoms with Gasteiger partial charge in [-0.1, -0.05) is 18.2 Å². The first kappa shape index (κ1) is 9.74. The lowest BCUT2D eigenvalue weighted by atomic mass is 9.85. The number of imide groups is 1. The van der Waals surface area contributed by atoms with Crippen molar-refractivity contribution in [3.63, 3.8) is 0 Å². The molecule has 0 saturated carbocycles. The molecule has 0 spiro atoms. The highest BCUT2D eigenvalue weighted by Gasteiger charge is 2.61. The second-order valence-electron chi connectivity index (χ2n) is 4.06. The van der Waals surface area contributed by atoms with Crippen molar-refractivity contribution in [3.05, 3.63) is 24.8 Å². The summed E-state index contributed by atoms with van der Waals surface area (Å²) in [7, 11) is 0. The molecular weight excluding hydrogens is 210 g/mol. The second-order valence-corrected chi connectivity index (χ2v) is 4.06. The third-order valence-corrected chi connectivity index (χ3v) is 3.19. The number of ether oxygens (including phenoxy) is 1. The molecule has 5 nitrogen and oxygen atoms in total. The number of amides is 2. The molecule has 0 radical (unpaired) electrons. The van der Waals surface area contributed by atoms with Gasteiger partial charge in [0.25, 0.3) is 11.8 Å². The highest BCUT2D eigenvalue weighted by atomic mass is 16.7. The standard InChI is InChI=1S/C11H11NO4/c1-2-5-15-12-10(13)8-6-3-4-7(16-6)9(8)11(12)14/h2-4,6-9H,1,5H2. The quantitative estimate of drug-likeness (QED) is 0.499. The Bertz CT molecular complexity index is 373. The SMILES string of the molecule is C=CCON1C(=O)C2C3C=CC(O3)C2C1=O. The molecule has 0 aromatic rings. The third-order valence-electron chi connectivity index (χ3n) is 3.19. The van der Waals surface area contributed by atoms with Crippen LogP contribution in [0, 0.1) is 11.8 Å². The summed E-state index contributed by atoms with van der Waals surface area (Å²) in [5, 5.41) is 0.868. The van der Waals surface area contributed by atoms with Gasteiger partial charge >= 0.3 is 0 Å². The van der Waals surface area contributed by atoms with Crippen LogP contribution in [0.1, 0.15) is 0 Å². The largest absolute Gasteiger partial charge is 0.365 e. The predicted octanol–water partition coefficient (Wildman–Crippen LogP) is 0.0424. The van der Waals surface area contributed by atoms with Gasteiger partial charge in [-0.2, -0.15) is 5.06 Å². The van der Waals surface area contributed by atoms with Crippen LogP contribution in [0.2, 0.25) is 0 Å². The van der Waals surface area contributed by atoms with Crippen LogP contribution in [0.5, 0.6) is 0 Å². The van der Waals surface area contributed by atoms with Gasteiger partial charge in [-0.3, -0.25) is 14.4 Å². The molecule has 4 atom stereocenters. The maximum atomic E-state index is 11.9. The molecule has 2 bridgehead atoms. The number of hydroxylamine groups is 2. The first-order valence-electron chi connectivity index (χ1n) is 5.19. The zero-order valence-electron chi connectivity index (χ0n) is 8.54. The van der Waals surface area contributed by atoms with Crippen LogP contribution in [0.4, 0.5) is 0 Å². The van der Waals surface area contributed by atoms with Gasteiger partial charge in [-0.25, -0.2) is 0 Å². The lowest BCUT2D eigenvalue weighted by Crippen LogP contribution is -2.34. The Kier molecular flexibility index (Phi) is 1.99. The molecule has 2 fully saturated rings. The van der Waals surface area contributed by atoms with Crippen molar-refractivity contribution in [2.75, 3.05) is 6.61 Å². The second kappa shape index (κ2) is 3.26. The Morgan fingerprint density at radius 1 is 1.31 bits per heavy atom. The van der Waals surface area contributed by atoms with E-state index < -0.39 is 11.8 Å². The van der Waals surface area contributed by atoms with E-state index in [2.05, 4.69) is 6.58 Å². The van der Waals surface area contributed by atoms with E-state index in [-0.39, 0.29) is 30.6 Å². The van der Waals surface area contributed by atoms with Gasteiger partial charge in [0.1, 0.15) is 0 Å². The molecule has 2 saturated heterocycles. The highest BCUT2D eigenvalue weighted by Crippen LogP contribution is 2.44. The molecule has 84 valence electrons. The van der Waals surface area contributed by atoms with Crippen LogP contribution in [0.15, 0.2) is 24.8 Å². The summed E-state index contributed by atoms with van der Waals surface area (Å²) in [5.41, 5.74) is 0. The summed E-state index contributed by atoms with van der Waals surface area (Å²) in [4.78, 5) is 28.9. The van der Waals surface area contributed by atoms with Crippen molar-refractivity contribution in [1.82, 2.24) is 5.06 Å². The van der Waals surface area contributed by atoms with Crippen LogP contribution in [-0.4, -0.2) is 35.7 Å². The van der Waals surface area contributed by atoms with Crippen molar-refractivity contribution in [1.29, 1.82) is 0 Å². The molecule has 2 amide bonds. The first-order chi connectivity index (χ1) is 7.74. The molecular formula is C11H11NO4. The van der Waals surface area contributed by atoms with E-state index in [0.29, 0.717) is 0 Å². The van der Waals surface area contributed by atoms with Gasteiger partial charge in [0, 0.05) is 0 Å². The van der Waals surface area contributed by atoms with Crippen LogP contribution in [0.3, 0.4) is 0 Å². The molecule has 3 rings (SSSR count).